The molecule has 2 rings (SSSR count). The van der Waals surface area contributed by atoms with Gasteiger partial charge in [-0.2, -0.15) is 4.57 Å². The van der Waals surface area contributed by atoms with Crippen molar-refractivity contribution in [3.05, 3.63) is 48.5 Å². The van der Waals surface area contributed by atoms with Gasteiger partial charge >= 0.3 is 0 Å². The largest absolute Gasteiger partial charge is 0.261 e. The van der Waals surface area contributed by atoms with E-state index in [9.17, 15) is 0 Å². The lowest BCUT2D eigenvalue weighted by Crippen LogP contribution is -2.37. The first kappa shape index (κ1) is 27.7. The van der Waals surface area contributed by atoms with Gasteiger partial charge in [-0.05, 0) is 31.4 Å². The third-order valence-electron chi connectivity index (χ3n) is 7.05. The Hall–Kier alpha value is -1.57. The summed E-state index contributed by atoms with van der Waals surface area (Å²) in [4.78, 5) is 0. The number of benzene rings is 1. The molecule has 0 spiro atoms. The molecule has 0 radical (unpaired) electrons. The molecule has 1 aromatic carbocycles. The van der Waals surface area contributed by atoms with Crippen molar-refractivity contribution in [2.75, 3.05) is 0 Å². The fraction of sp³-hybridized carbons (Fsp3) is 0.710. The molecule has 33 heavy (non-hydrogen) atoms. The Bertz CT molecular complexity index is 688. The van der Waals surface area contributed by atoms with Gasteiger partial charge in [-0.1, -0.05) is 128 Å². The van der Waals surface area contributed by atoms with Crippen molar-refractivity contribution < 1.29 is 4.57 Å². The maximum atomic E-state index is 2.52. The van der Waals surface area contributed by atoms with Crippen LogP contribution in [0.3, 0.4) is 0 Å². The lowest BCUT2D eigenvalue weighted by molar-refractivity contribution is -0.704. The number of imidazole rings is 1. The minimum Gasteiger partial charge on any atom is -0.234 e. The van der Waals surface area contributed by atoms with Crippen LogP contribution < -0.4 is 4.57 Å². The van der Waals surface area contributed by atoms with Crippen molar-refractivity contribution in [1.82, 2.24) is 4.57 Å². The highest BCUT2D eigenvalue weighted by molar-refractivity contribution is 5.31. The van der Waals surface area contributed by atoms with Gasteiger partial charge in [-0.15, -0.1) is 0 Å². The molecule has 0 aliphatic rings. The average Bonchev–Trinajstić information content (AvgIpc) is 3.25. The zero-order valence-corrected chi connectivity index (χ0v) is 22.1. The van der Waals surface area contributed by atoms with Gasteiger partial charge in [0.2, 0.25) is 0 Å². The zero-order valence-electron chi connectivity index (χ0n) is 22.1. The summed E-state index contributed by atoms with van der Waals surface area (Å²) < 4.78 is 4.92. The van der Waals surface area contributed by atoms with Crippen LogP contribution in [0, 0.1) is 0 Å². The number of aromatic nitrogens is 2. The number of rotatable bonds is 21. The number of nitrogens with zero attached hydrogens (tertiary/aromatic N) is 2. The van der Waals surface area contributed by atoms with Gasteiger partial charge in [0.15, 0.2) is 0 Å². The lowest BCUT2D eigenvalue weighted by atomic mass is 10.0. The monoisotopic (exact) mass is 453 g/mol. The van der Waals surface area contributed by atoms with Gasteiger partial charge in [-0.25, -0.2) is 4.57 Å². The van der Waals surface area contributed by atoms with E-state index < -0.39 is 0 Å². The molecule has 0 bridgehead atoms. The molecule has 2 heteroatoms. The van der Waals surface area contributed by atoms with Gasteiger partial charge in [0.05, 0.1) is 6.54 Å². The SMILES string of the molecule is CCCCCCCCCCCCCCCCC[n+]1ccn(-c2ccccc2)c1CCCCC. The third-order valence-corrected chi connectivity index (χ3v) is 7.05. The Balaban J connectivity index is 1.56. The summed E-state index contributed by atoms with van der Waals surface area (Å²) in [6.45, 7) is 5.76. The van der Waals surface area contributed by atoms with Crippen LogP contribution in [0.4, 0.5) is 0 Å². The van der Waals surface area contributed by atoms with Gasteiger partial charge < -0.3 is 0 Å². The summed E-state index contributed by atoms with van der Waals surface area (Å²) in [5.74, 6) is 1.47. The summed E-state index contributed by atoms with van der Waals surface area (Å²) in [7, 11) is 0. The molecule has 0 aliphatic carbocycles. The highest BCUT2D eigenvalue weighted by Crippen LogP contribution is 2.15. The molecule has 1 heterocycles. The molecular formula is C31H53N2+. The topological polar surface area (TPSA) is 8.81 Å². The van der Waals surface area contributed by atoms with E-state index in [-0.39, 0.29) is 0 Å². The summed E-state index contributed by atoms with van der Waals surface area (Å²) in [5, 5.41) is 0. The van der Waals surface area contributed by atoms with Crippen LogP contribution in [0.5, 0.6) is 0 Å². The number of para-hydroxylation sites is 1. The standard InChI is InChI=1S/C31H53N2/c1-3-5-7-8-9-10-11-12-13-14-15-16-17-18-23-27-32-28-29-33(30-24-21-19-22-25-30)31(32)26-20-6-4-2/h19,21-22,24-25,28-29H,3-18,20,23,26-27H2,1-2H3/q+1. The fourth-order valence-corrected chi connectivity index (χ4v) is 4.94. The Labute approximate surface area is 205 Å². The van der Waals surface area contributed by atoms with Crippen LogP contribution in [0.2, 0.25) is 0 Å². The van der Waals surface area contributed by atoms with E-state index >= 15 is 0 Å². The highest BCUT2D eigenvalue weighted by atomic mass is 15.1. The second kappa shape index (κ2) is 18.8. The summed E-state index contributed by atoms with van der Waals surface area (Å²) in [6, 6.07) is 10.8. The van der Waals surface area contributed by atoms with Crippen molar-refractivity contribution in [2.45, 2.75) is 142 Å². The Morgan fingerprint density at radius 3 is 1.61 bits per heavy atom. The number of unbranched alkanes of at least 4 members (excludes halogenated alkanes) is 16. The first-order chi connectivity index (χ1) is 16.4. The van der Waals surface area contributed by atoms with Crippen LogP contribution in [-0.2, 0) is 13.0 Å². The molecular weight excluding hydrogens is 400 g/mol. The van der Waals surface area contributed by atoms with E-state index in [1.807, 2.05) is 0 Å². The molecule has 0 saturated carbocycles. The molecule has 186 valence electrons. The number of hydrogen-bond acceptors (Lipinski definition) is 0. The minimum atomic E-state index is 1.17. The maximum absolute atomic E-state index is 2.52. The maximum Gasteiger partial charge on any atom is 0.261 e. The normalized spacial score (nSPS) is 11.3. The Kier molecular flexibility index (Phi) is 15.8. The van der Waals surface area contributed by atoms with Crippen molar-refractivity contribution in [3.63, 3.8) is 0 Å². The predicted octanol–water partition coefficient (Wildman–Crippen LogP) is 9.37. The second-order valence-corrected chi connectivity index (χ2v) is 10.0. The summed E-state index contributed by atoms with van der Waals surface area (Å²) in [6.07, 6.45) is 31.1. The van der Waals surface area contributed by atoms with Gasteiger partial charge in [0.25, 0.3) is 5.82 Å². The van der Waals surface area contributed by atoms with E-state index in [4.69, 9.17) is 0 Å². The van der Waals surface area contributed by atoms with Crippen molar-refractivity contribution in [3.8, 4) is 5.69 Å². The van der Waals surface area contributed by atoms with Crippen LogP contribution >= 0.6 is 0 Å². The van der Waals surface area contributed by atoms with E-state index in [2.05, 4.69) is 65.7 Å². The lowest BCUT2D eigenvalue weighted by Gasteiger charge is -2.06. The highest BCUT2D eigenvalue weighted by Gasteiger charge is 2.17. The summed E-state index contributed by atoms with van der Waals surface area (Å²) >= 11 is 0. The average molecular weight is 454 g/mol. The quantitative estimate of drug-likeness (QED) is 0.131. The Morgan fingerprint density at radius 1 is 0.576 bits per heavy atom. The predicted molar refractivity (Wildman–Crippen MR) is 144 cm³/mol. The molecule has 1 aromatic heterocycles. The second-order valence-electron chi connectivity index (χ2n) is 10.0. The Morgan fingerprint density at radius 2 is 1.06 bits per heavy atom. The van der Waals surface area contributed by atoms with E-state index in [0.717, 1.165) is 0 Å². The van der Waals surface area contributed by atoms with Crippen molar-refractivity contribution in [2.24, 2.45) is 0 Å². The fourth-order valence-electron chi connectivity index (χ4n) is 4.94. The first-order valence-corrected chi connectivity index (χ1v) is 14.5. The molecule has 0 amide bonds. The van der Waals surface area contributed by atoms with E-state index in [1.165, 1.54) is 140 Å². The molecule has 0 unspecified atom stereocenters. The van der Waals surface area contributed by atoms with Gasteiger partial charge in [-0.3, -0.25) is 0 Å². The van der Waals surface area contributed by atoms with E-state index in [0.29, 0.717) is 0 Å². The first-order valence-electron chi connectivity index (χ1n) is 14.5. The van der Waals surface area contributed by atoms with Gasteiger partial charge in [0, 0.05) is 6.42 Å². The smallest absolute Gasteiger partial charge is 0.234 e. The molecule has 0 saturated heterocycles. The molecule has 0 fully saturated rings. The molecule has 2 aromatic rings. The molecule has 2 nitrogen and oxygen atoms in total. The molecule has 0 aliphatic heterocycles. The summed E-state index contributed by atoms with van der Waals surface area (Å²) in [5.41, 5.74) is 1.29. The van der Waals surface area contributed by atoms with Crippen LogP contribution in [0.15, 0.2) is 42.7 Å². The van der Waals surface area contributed by atoms with Crippen molar-refractivity contribution in [1.29, 1.82) is 0 Å². The molecule has 0 atom stereocenters. The third kappa shape index (κ3) is 11.9. The minimum absolute atomic E-state index is 1.17. The molecule has 0 N–H and O–H groups in total. The number of aryl methyl sites for hydroxylation is 1. The van der Waals surface area contributed by atoms with E-state index in [1.54, 1.807) is 0 Å². The van der Waals surface area contributed by atoms with Crippen LogP contribution in [0.25, 0.3) is 5.69 Å². The van der Waals surface area contributed by atoms with Crippen LogP contribution in [0.1, 0.15) is 135 Å². The number of hydrogen-bond donors (Lipinski definition) is 0. The van der Waals surface area contributed by atoms with Crippen molar-refractivity contribution >= 4 is 0 Å². The van der Waals surface area contributed by atoms with Gasteiger partial charge in [0.1, 0.15) is 18.1 Å². The van der Waals surface area contributed by atoms with Crippen LogP contribution in [-0.4, -0.2) is 4.57 Å². The zero-order chi connectivity index (χ0) is 23.4.